The maximum absolute atomic E-state index is 12.7. The average Bonchev–Trinajstić information content (AvgIpc) is 3.16. The van der Waals surface area contributed by atoms with Crippen LogP contribution in [0.2, 0.25) is 0 Å². The van der Waals surface area contributed by atoms with Crippen LogP contribution in [0.3, 0.4) is 0 Å². The predicted octanol–water partition coefficient (Wildman–Crippen LogP) is 3.78. The molecule has 2 aromatic heterocycles. The van der Waals surface area contributed by atoms with E-state index in [1.807, 2.05) is 26.0 Å². The topological polar surface area (TPSA) is 85.1 Å². The standard InChI is InChI=1S/C16H17N3O3S2/c1-4-15-17-16(18-22-15)13-9-14(11(3)23-13)24(20,21)19-12-8-6-5-7-10(12)2/h5-9,19H,4H2,1-3H3. The second-order valence-electron chi connectivity index (χ2n) is 5.32. The number of thiophene rings is 1. The lowest BCUT2D eigenvalue weighted by Crippen LogP contribution is -2.13. The lowest BCUT2D eigenvalue weighted by molar-refractivity contribution is 0.383. The molecular formula is C16H17N3O3S2. The molecule has 0 radical (unpaired) electrons. The largest absolute Gasteiger partial charge is 0.339 e. The second-order valence-corrected chi connectivity index (χ2v) is 8.22. The number of benzene rings is 1. The summed E-state index contributed by atoms with van der Waals surface area (Å²) >= 11 is 1.33. The maximum atomic E-state index is 12.7. The highest BCUT2D eigenvalue weighted by Crippen LogP contribution is 2.33. The highest BCUT2D eigenvalue weighted by atomic mass is 32.2. The summed E-state index contributed by atoms with van der Waals surface area (Å²) in [5, 5.41) is 3.90. The van der Waals surface area contributed by atoms with Crippen LogP contribution in [0.1, 0.15) is 23.3 Å². The van der Waals surface area contributed by atoms with Crippen LogP contribution < -0.4 is 4.72 Å². The fraction of sp³-hybridized carbons (Fsp3) is 0.250. The number of hydrogen-bond donors (Lipinski definition) is 1. The van der Waals surface area contributed by atoms with Crippen LogP contribution in [0, 0.1) is 13.8 Å². The van der Waals surface area contributed by atoms with E-state index in [2.05, 4.69) is 14.9 Å². The van der Waals surface area contributed by atoms with Crippen molar-refractivity contribution in [3.05, 3.63) is 46.7 Å². The van der Waals surface area contributed by atoms with Crippen molar-refractivity contribution in [3.8, 4) is 10.7 Å². The summed E-state index contributed by atoms with van der Waals surface area (Å²) in [7, 11) is -3.68. The Balaban J connectivity index is 1.95. The zero-order valence-corrected chi connectivity index (χ0v) is 15.2. The highest BCUT2D eigenvalue weighted by Gasteiger charge is 2.22. The Morgan fingerprint density at radius 3 is 2.67 bits per heavy atom. The molecule has 3 aromatic rings. The molecule has 1 N–H and O–H groups in total. The summed E-state index contributed by atoms with van der Waals surface area (Å²) in [6.45, 7) is 5.54. The minimum Gasteiger partial charge on any atom is -0.339 e. The zero-order valence-electron chi connectivity index (χ0n) is 13.5. The molecule has 0 amide bonds. The van der Waals surface area contributed by atoms with Crippen LogP contribution in [0.15, 0.2) is 39.8 Å². The third-order valence-corrected chi connectivity index (χ3v) is 6.21. The lowest BCUT2D eigenvalue weighted by atomic mass is 10.2. The van der Waals surface area contributed by atoms with E-state index in [0.29, 0.717) is 33.6 Å². The molecule has 0 saturated heterocycles. The van der Waals surface area contributed by atoms with Gasteiger partial charge in [0, 0.05) is 11.3 Å². The van der Waals surface area contributed by atoms with Gasteiger partial charge in [-0.1, -0.05) is 30.3 Å². The van der Waals surface area contributed by atoms with Gasteiger partial charge in [0.2, 0.25) is 11.7 Å². The van der Waals surface area contributed by atoms with E-state index in [1.54, 1.807) is 25.1 Å². The molecule has 0 unspecified atom stereocenters. The summed E-state index contributed by atoms with van der Waals surface area (Å²) < 4.78 is 33.2. The number of nitrogens with one attached hydrogen (secondary N) is 1. The van der Waals surface area contributed by atoms with Crippen molar-refractivity contribution in [1.29, 1.82) is 0 Å². The first-order chi connectivity index (χ1) is 11.4. The Morgan fingerprint density at radius 2 is 2.00 bits per heavy atom. The van der Waals surface area contributed by atoms with Crippen molar-refractivity contribution < 1.29 is 12.9 Å². The SMILES string of the molecule is CCc1nc(-c2cc(S(=O)(=O)Nc3ccccc3C)c(C)s2)no1. The summed E-state index contributed by atoms with van der Waals surface area (Å²) in [4.78, 5) is 5.82. The first-order valence-electron chi connectivity index (χ1n) is 7.42. The molecule has 24 heavy (non-hydrogen) atoms. The van der Waals surface area contributed by atoms with Gasteiger partial charge in [0.25, 0.3) is 10.0 Å². The molecule has 6 nitrogen and oxygen atoms in total. The van der Waals surface area contributed by atoms with Gasteiger partial charge in [-0.25, -0.2) is 8.42 Å². The van der Waals surface area contributed by atoms with E-state index in [4.69, 9.17) is 4.52 Å². The normalized spacial score (nSPS) is 11.6. The van der Waals surface area contributed by atoms with Crippen LogP contribution >= 0.6 is 11.3 Å². The van der Waals surface area contributed by atoms with Crippen LogP contribution in [0.5, 0.6) is 0 Å². The molecule has 0 aliphatic carbocycles. The van der Waals surface area contributed by atoms with Crippen LogP contribution in [0.4, 0.5) is 5.69 Å². The summed E-state index contributed by atoms with van der Waals surface area (Å²) in [6, 6.07) is 8.84. The smallest absolute Gasteiger partial charge is 0.263 e. The number of aryl methyl sites for hydroxylation is 3. The number of sulfonamides is 1. The third-order valence-electron chi connectivity index (χ3n) is 3.54. The van der Waals surface area contributed by atoms with E-state index in [9.17, 15) is 8.42 Å². The second kappa shape index (κ2) is 6.37. The molecule has 1 aromatic carbocycles. The van der Waals surface area contributed by atoms with E-state index < -0.39 is 10.0 Å². The van der Waals surface area contributed by atoms with Gasteiger partial charge in [-0.15, -0.1) is 11.3 Å². The van der Waals surface area contributed by atoms with Crippen molar-refractivity contribution in [2.45, 2.75) is 32.1 Å². The minimum absolute atomic E-state index is 0.230. The summed E-state index contributed by atoms with van der Waals surface area (Å²) in [6.07, 6.45) is 0.636. The van der Waals surface area contributed by atoms with Crippen LogP contribution in [0.25, 0.3) is 10.7 Å². The Kier molecular flexibility index (Phi) is 4.42. The van der Waals surface area contributed by atoms with Gasteiger partial charge in [0.1, 0.15) is 4.90 Å². The number of nitrogens with zero attached hydrogens (tertiary/aromatic N) is 2. The first-order valence-corrected chi connectivity index (χ1v) is 9.72. The van der Waals surface area contributed by atoms with Gasteiger partial charge in [-0.3, -0.25) is 4.72 Å². The number of hydrogen-bond acceptors (Lipinski definition) is 6. The van der Waals surface area contributed by atoms with E-state index in [0.717, 1.165) is 5.56 Å². The first kappa shape index (κ1) is 16.7. The van der Waals surface area contributed by atoms with Crippen molar-refractivity contribution in [1.82, 2.24) is 10.1 Å². The van der Waals surface area contributed by atoms with Gasteiger partial charge in [-0.2, -0.15) is 4.98 Å². The molecule has 0 saturated carbocycles. The molecule has 0 bridgehead atoms. The quantitative estimate of drug-likeness (QED) is 0.746. The Morgan fingerprint density at radius 1 is 1.25 bits per heavy atom. The predicted molar refractivity (Wildman–Crippen MR) is 93.7 cm³/mol. The van der Waals surface area contributed by atoms with E-state index >= 15 is 0 Å². The summed E-state index contributed by atoms with van der Waals surface area (Å²) in [5.41, 5.74) is 1.43. The molecule has 0 spiro atoms. The molecule has 0 atom stereocenters. The number of aromatic nitrogens is 2. The molecule has 8 heteroatoms. The van der Waals surface area contributed by atoms with Gasteiger partial charge < -0.3 is 4.52 Å². The number of anilines is 1. The molecule has 0 aliphatic heterocycles. The van der Waals surface area contributed by atoms with Crippen molar-refractivity contribution >= 4 is 27.0 Å². The molecule has 0 aliphatic rings. The molecule has 3 rings (SSSR count). The number of para-hydroxylation sites is 1. The molecular weight excluding hydrogens is 346 g/mol. The zero-order chi connectivity index (χ0) is 17.3. The monoisotopic (exact) mass is 363 g/mol. The number of rotatable bonds is 5. The fourth-order valence-corrected chi connectivity index (χ4v) is 4.88. The van der Waals surface area contributed by atoms with Crippen molar-refractivity contribution in [2.75, 3.05) is 4.72 Å². The van der Waals surface area contributed by atoms with Crippen molar-refractivity contribution in [2.24, 2.45) is 0 Å². The van der Waals surface area contributed by atoms with E-state index in [-0.39, 0.29) is 4.90 Å². The maximum Gasteiger partial charge on any atom is 0.263 e. The molecule has 0 fully saturated rings. The molecule has 2 heterocycles. The van der Waals surface area contributed by atoms with Gasteiger partial charge in [0.05, 0.1) is 10.6 Å². The highest BCUT2D eigenvalue weighted by molar-refractivity contribution is 7.93. The lowest BCUT2D eigenvalue weighted by Gasteiger charge is -2.09. The van der Waals surface area contributed by atoms with Crippen molar-refractivity contribution in [3.63, 3.8) is 0 Å². The Hall–Kier alpha value is -2.19. The third kappa shape index (κ3) is 3.20. The summed E-state index contributed by atoms with van der Waals surface area (Å²) in [5.74, 6) is 0.941. The Labute approximate surface area is 144 Å². The van der Waals surface area contributed by atoms with Crippen LogP contribution in [-0.2, 0) is 16.4 Å². The van der Waals surface area contributed by atoms with Crippen LogP contribution in [-0.4, -0.2) is 18.6 Å². The Bertz CT molecular complexity index is 974. The van der Waals surface area contributed by atoms with E-state index in [1.165, 1.54) is 11.3 Å². The van der Waals surface area contributed by atoms with Gasteiger partial charge in [-0.05, 0) is 31.5 Å². The molecule has 126 valence electrons. The minimum atomic E-state index is -3.68. The van der Waals surface area contributed by atoms with Gasteiger partial charge in [0.15, 0.2) is 0 Å². The average molecular weight is 363 g/mol. The van der Waals surface area contributed by atoms with Gasteiger partial charge >= 0.3 is 0 Å². The fourth-order valence-electron chi connectivity index (χ4n) is 2.23.